The summed E-state index contributed by atoms with van der Waals surface area (Å²) < 4.78 is 1.99. The highest BCUT2D eigenvalue weighted by molar-refractivity contribution is 5.77. The van der Waals surface area contributed by atoms with E-state index in [0.29, 0.717) is 5.96 Å². The third-order valence-electron chi connectivity index (χ3n) is 1.68. The van der Waals surface area contributed by atoms with Crippen LogP contribution in [0.15, 0.2) is 23.7 Å². The lowest BCUT2D eigenvalue weighted by Crippen LogP contribution is -2.40. The maximum atomic E-state index is 5.52. The van der Waals surface area contributed by atoms with Crippen LogP contribution in [0, 0.1) is 0 Å². The fourth-order valence-corrected chi connectivity index (χ4v) is 1.07. The summed E-state index contributed by atoms with van der Waals surface area (Å²) in [5.41, 5.74) is 5.52. The van der Waals surface area contributed by atoms with Gasteiger partial charge in [0.25, 0.3) is 0 Å². The van der Waals surface area contributed by atoms with Crippen molar-refractivity contribution in [3.63, 3.8) is 0 Å². The van der Waals surface area contributed by atoms with Crippen LogP contribution in [0.5, 0.6) is 0 Å². The summed E-state index contributed by atoms with van der Waals surface area (Å²) >= 11 is 0. The molecular formula is C8H15N5. The van der Waals surface area contributed by atoms with Crippen LogP contribution in [0.3, 0.4) is 0 Å². The second-order valence-electron chi connectivity index (χ2n) is 2.91. The zero-order chi connectivity index (χ0) is 9.68. The van der Waals surface area contributed by atoms with Crippen LogP contribution in [0.25, 0.3) is 0 Å². The highest BCUT2D eigenvalue weighted by Crippen LogP contribution is 1.90. The second kappa shape index (κ2) is 4.49. The van der Waals surface area contributed by atoms with Crippen molar-refractivity contribution in [3.8, 4) is 0 Å². The Morgan fingerprint density at radius 1 is 1.77 bits per heavy atom. The van der Waals surface area contributed by atoms with Crippen molar-refractivity contribution < 1.29 is 0 Å². The molecule has 72 valence electrons. The Labute approximate surface area is 77.7 Å². The van der Waals surface area contributed by atoms with Gasteiger partial charge in [-0.15, -0.1) is 0 Å². The third-order valence-corrected chi connectivity index (χ3v) is 1.68. The molecule has 1 aromatic rings. The largest absolute Gasteiger partial charge is 0.370 e. The number of guanidine groups is 1. The quantitative estimate of drug-likeness (QED) is 0.501. The average molecular weight is 181 g/mol. The molecule has 1 heterocycles. The molecule has 0 aliphatic rings. The van der Waals surface area contributed by atoms with E-state index in [1.54, 1.807) is 19.6 Å². The molecule has 0 radical (unpaired) electrons. The van der Waals surface area contributed by atoms with Crippen LogP contribution in [-0.4, -0.2) is 28.6 Å². The fourth-order valence-electron chi connectivity index (χ4n) is 1.07. The number of aliphatic imine (C=N–C) groups is 1. The van der Waals surface area contributed by atoms with Gasteiger partial charge in [0.2, 0.25) is 0 Å². The predicted molar refractivity (Wildman–Crippen MR) is 52.4 cm³/mol. The van der Waals surface area contributed by atoms with E-state index >= 15 is 0 Å². The topological polar surface area (TPSA) is 68.2 Å². The number of nitrogens with one attached hydrogen (secondary N) is 1. The highest BCUT2D eigenvalue weighted by Gasteiger charge is 2.02. The van der Waals surface area contributed by atoms with Crippen LogP contribution in [0.2, 0.25) is 0 Å². The van der Waals surface area contributed by atoms with E-state index in [4.69, 9.17) is 5.73 Å². The fraction of sp³-hybridized carbons (Fsp3) is 0.500. The first kappa shape index (κ1) is 9.57. The summed E-state index contributed by atoms with van der Waals surface area (Å²) in [5, 5.41) is 3.05. The smallest absolute Gasteiger partial charge is 0.188 e. The van der Waals surface area contributed by atoms with Crippen LogP contribution in [-0.2, 0) is 6.54 Å². The normalized spacial score (nSPS) is 14.2. The SMILES string of the molecule is CN=C(N)NC(C)Cn1ccnc1. The Morgan fingerprint density at radius 3 is 3.08 bits per heavy atom. The molecule has 1 aromatic heterocycles. The molecule has 1 atom stereocenters. The highest BCUT2D eigenvalue weighted by atomic mass is 15.1. The van der Waals surface area contributed by atoms with Gasteiger partial charge in [0, 0.05) is 32.0 Å². The van der Waals surface area contributed by atoms with Gasteiger partial charge in [-0.3, -0.25) is 4.99 Å². The molecular weight excluding hydrogens is 166 g/mol. The summed E-state index contributed by atoms with van der Waals surface area (Å²) in [6.07, 6.45) is 5.44. The predicted octanol–water partition coefficient (Wildman–Crippen LogP) is -0.194. The van der Waals surface area contributed by atoms with Gasteiger partial charge in [0.05, 0.1) is 6.33 Å². The molecule has 0 spiro atoms. The van der Waals surface area contributed by atoms with Crippen molar-refractivity contribution >= 4 is 5.96 Å². The Morgan fingerprint density at radius 2 is 2.54 bits per heavy atom. The average Bonchev–Trinajstić information content (AvgIpc) is 2.56. The summed E-state index contributed by atoms with van der Waals surface area (Å²) in [6, 6.07) is 0.248. The number of hydrogen-bond acceptors (Lipinski definition) is 2. The van der Waals surface area contributed by atoms with Crippen LogP contribution < -0.4 is 11.1 Å². The molecule has 0 bridgehead atoms. The molecule has 0 saturated carbocycles. The number of hydrogen-bond donors (Lipinski definition) is 2. The third kappa shape index (κ3) is 3.14. The van der Waals surface area contributed by atoms with Gasteiger partial charge in [-0.2, -0.15) is 0 Å². The Kier molecular flexibility index (Phi) is 3.31. The first-order valence-corrected chi connectivity index (χ1v) is 4.17. The lowest BCUT2D eigenvalue weighted by molar-refractivity contribution is 0.544. The minimum Gasteiger partial charge on any atom is -0.370 e. The number of rotatable bonds is 3. The Bertz CT molecular complexity index is 264. The lowest BCUT2D eigenvalue weighted by Gasteiger charge is -2.14. The van der Waals surface area contributed by atoms with Crippen LogP contribution in [0.4, 0.5) is 0 Å². The van der Waals surface area contributed by atoms with Gasteiger partial charge in [-0.1, -0.05) is 0 Å². The maximum Gasteiger partial charge on any atom is 0.188 e. The molecule has 0 fully saturated rings. The Balaban J connectivity index is 2.38. The molecule has 3 N–H and O–H groups in total. The summed E-state index contributed by atoms with van der Waals surface area (Å²) in [6.45, 7) is 2.87. The van der Waals surface area contributed by atoms with Crippen molar-refractivity contribution in [2.24, 2.45) is 10.7 Å². The summed E-state index contributed by atoms with van der Waals surface area (Å²) in [4.78, 5) is 7.76. The summed E-state index contributed by atoms with van der Waals surface area (Å²) in [7, 11) is 1.66. The van der Waals surface area contributed by atoms with E-state index < -0.39 is 0 Å². The van der Waals surface area contributed by atoms with E-state index in [-0.39, 0.29) is 6.04 Å². The van der Waals surface area contributed by atoms with Crippen molar-refractivity contribution in [2.75, 3.05) is 7.05 Å². The van der Waals surface area contributed by atoms with Crippen molar-refractivity contribution in [1.82, 2.24) is 14.9 Å². The van der Waals surface area contributed by atoms with Crippen molar-refractivity contribution in [3.05, 3.63) is 18.7 Å². The van der Waals surface area contributed by atoms with E-state index in [2.05, 4.69) is 15.3 Å². The van der Waals surface area contributed by atoms with Gasteiger partial charge in [-0.25, -0.2) is 4.98 Å². The number of nitrogens with zero attached hydrogens (tertiary/aromatic N) is 3. The number of nitrogens with two attached hydrogens (primary N) is 1. The van der Waals surface area contributed by atoms with Gasteiger partial charge < -0.3 is 15.6 Å². The maximum absolute atomic E-state index is 5.52. The Hall–Kier alpha value is -1.52. The molecule has 1 rings (SSSR count). The van der Waals surface area contributed by atoms with Crippen molar-refractivity contribution in [2.45, 2.75) is 19.5 Å². The van der Waals surface area contributed by atoms with Crippen LogP contribution in [0.1, 0.15) is 6.92 Å². The molecule has 0 saturated heterocycles. The molecule has 0 aliphatic heterocycles. The standard InChI is InChI=1S/C8H15N5/c1-7(12-8(9)10-2)5-13-4-3-11-6-13/h3-4,6-7H,5H2,1-2H3,(H3,9,10,12). The van der Waals surface area contributed by atoms with E-state index in [1.807, 2.05) is 17.7 Å². The first-order valence-electron chi connectivity index (χ1n) is 4.17. The molecule has 5 nitrogen and oxygen atoms in total. The van der Waals surface area contributed by atoms with Gasteiger partial charge >= 0.3 is 0 Å². The van der Waals surface area contributed by atoms with Gasteiger partial charge in [-0.05, 0) is 6.92 Å². The first-order chi connectivity index (χ1) is 6.22. The minimum atomic E-state index is 0.248. The van der Waals surface area contributed by atoms with E-state index in [1.165, 1.54) is 0 Å². The molecule has 0 aliphatic carbocycles. The van der Waals surface area contributed by atoms with E-state index in [9.17, 15) is 0 Å². The molecule has 1 unspecified atom stereocenters. The molecule has 5 heteroatoms. The second-order valence-corrected chi connectivity index (χ2v) is 2.91. The molecule has 0 amide bonds. The molecule has 0 aromatic carbocycles. The summed E-state index contributed by atoms with van der Waals surface area (Å²) in [5.74, 6) is 0.465. The van der Waals surface area contributed by atoms with Gasteiger partial charge in [0.1, 0.15) is 0 Å². The van der Waals surface area contributed by atoms with Crippen molar-refractivity contribution in [1.29, 1.82) is 0 Å². The lowest BCUT2D eigenvalue weighted by atomic mass is 10.3. The zero-order valence-electron chi connectivity index (χ0n) is 7.94. The minimum absolute atomic E-state index is 0.248. The van der Waals surface area contributed by atoms with E-state index in [0.717, 1.165) is 6.54 Å². The van der Waals surface area contributed by atoms with Gasteiger partial charge in [0.15, 0.2) is 5.96 Å². The van der Waals surface area contributed by atoms with Crippen LogP contribution >= 0.6 is 0 Å². The number of aromatic nitrogens is 2. The number of imidazole rings is 1. The molecule has 13 heavy (non-hydrogen) atoms. The monoisotopic (exact) mass is 181 g/mol. The zero-order valence-corrected chi connectivity index (χ0v) is 7.94.